The molecule has 1 aromatic rings. The number of benzene rings is 1. The van der Waals surface area contributed by atoms with E-state index < -0.39 is 12.1 Å². The highest BCUT2D eigenvalue weighted by molar-refractivity contribution is 5.77. The van der Waals surface area contributed by atoms with Crippen LogP contribution in [0, 0.1) is 0 Å². The summed E-state index contributed by atoms with van der Waals surface area (Å²) in [5.74, 6) is -0.228. The van der Waals surface area contributed by atoms with Gasteiger partial charge in [-0.25, -0.2) is 0 Å². The first-order valence-electron chi connectivity index (χ1n) is 7.54. The third-order valence-corrected chi connectivity index (χ3v) is 3.94. The van der Waals surface area contributed by atoms with Gasteiger partial charge in [0.25, 0.3) is 0 Å². The highest BCUT2D eigenvalue weighted by Gasteiger charge is 2.25. The molecule has 0 bridgehead atoms. The van der Waals surface area contributed by atoms with Crippen LogP contribution in [0.1, 0.15) is 18.4 Å². The minimum atomic E-state index is -0.885. The van der Waals surface area contributed by atoms with Crippen molar-refractivity contribution in [3.8, 4) is 0 Å². The maximum atomic E-state index is 11.9. The number of amides is 2. The molecule has 22 heavy (non-hydrogen) atoms. The van der Waals surface area contributed by atoms with E-state index in [2.05, 4.69) is 5.32 Å². The lowest BCUT2D eigenvalue weighted by Gasteiger charge is -2.20. The van der Waals surface area contributed by atoms with Crippen molar-refractivity contribution in [1.29, 1.82) is 0 Å². The highest BCUT2D eigenvalue weighted by Crippen LogP contribution is 2.09. The van der Waals surface area contributed by atoms with Crippen LogP contribution < -0.4 is 11.1 Å². The van der Waals surface area contributed by atoms with Gasteiger partial charge in [-0.2, -0.15) is 0 Å². The van der Waals surface area contributed by atoms with Gasteiger partial charge in [-0.15, -0.1) is 0 Å². The minimum Gasteiger partial charge on any atom is -0.391 e. The molecule has 0 spiro atoms. The molecule has 3 atom stereocenters. The molecular formula is C16H23N3O3. The average molecular weight is 305 g/mol. The summed E-state index contributed by atoms with van der Waals surface area (Å²) in [5.41, 5.74) is 7.00. The zero-order valence-corrected chi connectivity index (χ0v) is 12.5. The Hall–Kier alpha value is -1.92. The van der Waals surface area contributed by atoms with E-state index in [1.165, 1.54) is 0 Å². The van der Waals surface area contributed by atoms with Crippen LogP contribution in [0.2, 0.25) is 0 Å². The van der Waals surface area contributed by atoms with E-state index in [1.54, 1.807) is 4.90 Å². The monoisotopic (exact) mass is 305 g/mol. The van der Waals surface area contributed by atoms with Crippen LogP contribution in [0.25, 0.3) is 0 Å². The fraction of sp³-hybridized carbons (Fsp3) is 0.500. The van der Waals surface area contributed by atoms with Gasteiger partial charge in [-0.1, -0.05) is 30.3 Å². The molecule has 0 aromatic heterocycles. The van der Waals surface area contributed by atoms with Gasteiger partial charge in [0.1, 0.15) is 0 Å². The Morgan fingerprint density at radius 3 is 2.82 bits per heavy atom. The quantitative estimate of drug-likeness (QED) is 0.600. The Morgan fingerprint density at radius 2 is 2.18 bits per heavy atom. The van der Waals surface area contributed by atoms with Crippen molar-refractivity contribution in [2.45, 2.75) is 37.5 Å². The number of hydrogen-bond acceptors (Lipinski definition) is 4. The molecule has 0 radical (unpaired) electrons. The molecule has 1 aromatic carbocycles. The van der Waals surface area contributed by atoms with Crippen LogP contribution in [0.4, 0.5) is 0 Å². The van der Waals surface area contributed by atoms with E-state index in [0.717, 1.165) is 18.4 Å². The highest BCUT2D eigenvalue weighted by atomic mass is 16.3. The minimum absolute atomic E-state index is 0.0222. The van der Waals surface area contributed by atoms with E-state index in [4.69, 9.17) is 5.73 Å². The van der Waals surface area contributed by atoms with E-state index in [0.29, 0.717) is 19.5 Å². The number of rotatable bonds is 7. The lowest BCUT2D eigenvalue weighted by Crippen LogP contribution is -2.43. The van der Waals surface area contributed by atoms with Gasteiger partial charge in [0, 0.05) is 25.2 Å². The second-order valence-electron chi connectivity index (χ2n) is 5.78. The molecule has 0 aliphatic carbocycles. The number of hydrogen-bond donors (Lipinski definition) is 3. The van der Waals surface area contributed by atoms with E-state index >= 15 is 0 Å². The third-order valence-electron chi connectivity index (χ3n) is 3.94. The van der Waals surface area contributed by atoms with Crippen molar-refractivity contribution < 1.29 is 14.7 Å². The second-order valence-corrected chi connectivity index (χ2v) is 5.78. The van der Waals surface area contributed by atoms with Gasteiger partial charge < -0.3 is 21.1 Å². The Bertz CT molecular complexity index is 495. The van der Waals surface area contributed by atoms with Gasteiger partial charge in [0.15, 0.2) is 0 Å². The normalized spacial score (nSPS) is 20.5. The smallest absolute Gasteiger partial charge is 0.222 e. The van der Waals surface area contributed by atoms with E-state index in [1.807, 2.05) is 30.3 Å². The summed E-state index contributed by atoms with van der Waals surface area (Å²) >= 11 is 0. The number of carbonyl (C=O) groups excluding carboxylic acids is 2. The molecule has 2 amide bonds. The number of aliphatic hydroxyl groups is 1. The maximum absolute atomic E-state index is 11.9. The largest absolute Gasteiger partial charge is 0.391 e. The maximum Gasteiger partial charge on any atom is 0.222 e. The lowest BCUT2D eigenvalue weighted by atomic mass is 10.00. The van der Waals surface area contributed by atoms with Crippen LogP contribution in [0.15, 0.2) is 30.3 Å². The molecule has 4 N–H and O–H groups in total. The molecule has 1 aliphatic heterocycles. The fourth-order valence-electron chi connectivity index (χ4n) is 2.65. The van der Waals surface area contributed by atoms with Gasteiger partial charge >= 0.3 is 0 Å². The zero-order chi connectivity index (χ0) is 15.9. The number of nitrogens with one attached hydrogen (secondary N) is 1. The standard InChI is InChI=1S/C16H23N3O3/c17-14(8-12-4-2-1-3-5-12)15(21)9-16(22)18-13-6-7-19(10-13)11-20/h1-5,11,13-15,21H,6-10,17H2,(H,18,22). The zero-order valence-electron chi connectivity index (χ0n) is 12.5. The molecule has 6 nitrogen and oxygen atoms in total. The van der Waals surface area contributed by atoms with Gasteiger partial charge in [0.05, 0.1) is 12.5 Å². The first kappa shape index (κ1) is 16.5. The molecule has 1 aliphatic rings. The van der Waals surface area contributed by atoms with Crippen molar-refractivity contribution in [2.75, 3.05) is 13.1 Å². The van der Waals surface area contributed by atoms with Crippen LogP contribution in [0.3, 0.4) is 0 Å². The summed E-state index contributed by atoms with van der Waals surface area (Å²) in [4.78, 5) is 24.2. The van der Waals surface area contributed by atoms with Crippen molar-refractivity contribution >= 4 is 12.3 Å². The molecule has 120 valence electrons. The Morgan fingerprint density at radius 1 is 1.45 bits per heavy atom. The molecule has 2 rings (SSSR count). The number of nitrogens with zero attached hydrogens (tertiary/aromatic N) is 1. The summed E-state index contributed by atoms with van der Waals surface area (Å²) < 4.78 is 0. The van der Waals surface area contributed by atoms with E-state index in [-0.39, 0.29) is 18.4 Å². The van der Waals surface area contributed by atoms with E-state index in [9.17, 15) is 14.7 Å². The van der Waals surface area contributed by atoms with Crippen LogP contribution in [-0.2, 0) is 16.0 Å². The Labute approximate surface area is 130 Å². The third kappa shape index (κ3) is 4.82. The lowest BCUT2D eigenvalue weighted by molar-refractivity contribution is -0.124. The average Bonchev–Trinajstić information content (AvgIpc) is 2.95. The van der Waals surface area contributed by atoms with Crippen LogP contribution in [-0.4, -0.2) is 53.6 Å². The molecule has 3 unspecified atom stereocenters. The van der Waals surface area contributed by atoms with Crippen LogP contribution >= 0.6 is 0 Å². The topological polar surface area (TPSA) is 95.7 Å². The van der Waals surface area contributed by atoms with Crippen molar-refractivity contribution in [1.82, 2.24) is 10.2 Å². The van der Waals surface area contributed by atoms with Crippen LogP contribution in [0.5, 0.6) is 0 Å². The summed E-state index contributed by atoms with van der Waals surface area (Å²) in [7, 11) is 0. The molecular weight excluding hydrogens is 282 g/mol. The molecule has 6 heteroatoms. The molecule has 1 fully saturated rings. The van der Waals surface area contributed by atoms with Crippen molar-refractivity contribution in [2.24, 2.45) is 5.73 Å². The number of nitrogens with two attached hydrogens (primary N) is 1. The second kappa shape index (κ2) is 7.91. The van der Waals surface area contributed by atoms with Gasteiger partial charge in [0.2, 0.25) is 12.3 Å². The molecule has 1 saturated heterocycles. The first-order chi connectivity index (χ1) is 10.6. The Kier molecular flexibility index (Phi) is 5.91. The number of likely N-dealkylation sites (tertiary alicyclic amines) is 1. The SMILES string of the molecule is NC(Cc1ccccc1)C(O)CC(=O)NC1CCN(C=O)C1. The first-order valence-corrected chi connectivity index (χ1v) is 7.54. The number of aliphatic hydroxyl groups excluding tert-OH is 1. The fourth-order valence-corrected chi connectivity index (χ4v) is 2.65. The van der Waals surface area contributed by atoms with Gasteiger partial charge in [-0.05, 0) is 18.4 Å². The summed E-state index contributed by atoms with van der Waals surface area (Å²) in [5, 5.41) is 12.9. The van der Waals surface area contributed by atoms with Gasteiger partial charge in [-0.3, -0.25) is 9.59 Å². The number of carbonyl (C=O) groups is 2. The molecule has 1 heterocycles. The predicted molar refractivity (Wildman–Crippen MR) is 82.9 cm³/mol. The predicted octanol–water partition coefficient (Wildman–Crippen LogP) is -0.346. The summed E-state index contributed by atoms with van der Waals surface area (Å²) in [6.45, 7) is 1.19. The summed E-state index contributed by atoms with van der Waals surface area (Å²) in [6, 6.07) is 9.13. The summed E-state index contributed by atoms with van der Waals surface area (Å²) in [6.07, 6.45) is 1.15. The molecule has 0 saturated carbocycles. The van der Waals surface area contributed by atoms with Crippen molar-refractivity contribution in [3.05, 3.63) is 35.9 Å². The van der Waals surface area contributed by atoms with Crippen molar-refractivity contribution in [3.63, 3.8) is 0 Å². The Balaban J connectivity index is 1.74.